The van der Waals surface area contributed by atoms with Gasteiger partial charge in [-0.1, -0.05) is 30.5 Å². The Bertz CT molecular complexity index is 426. The molecule has 0 aliphatic carbocycles. The number of nitrogens with zero attached hydrogens (tertiary/aromatic N) is 1. The summed E-state index contributed by atoms with van der Waals surface area (Å²) in [5.74, 6) is 2.47. The summed E-state index contributed by atoms with van der Waals surface area (Å²) in [6.07, 6.45) is 6.09. The average Bonchev–Trinajstić information content (AvgIpc) is 2.28. The molecule has 0 radical (unpaired) electrons. The second-order valence-corrected chi connectivity index (χ2v) is 4.00. The number of anilines is 1. The molecule has 0 atom stereocenters. The number of carbonyl (C=O) groups is 1. The zero-order chi connectivity index (χ0) is 12.7. The second kappa shape index (κ2) is 6.82. The average molecular weight is 251 g/mol. The van der Waals surface area contributed by atoms with Crippen molar-refractivity contribution in [2.75, 3.05) is 18.4 Å². The molecule has 2 amide bonds. The van der Waals surface area contributed by atoms with E-state index in [1.807, 2.05) is 6.92 Å². The number of urea groups is 1. The van der Waals surface area contributed by atoms with Gasteiger partial charge in [0.05, 0.1) is 6.54 Å². The van der Waals surface area contributed by atoms with Crippen LogP contribution in [-0.2, 0) is 0 Å². The molecule has 0 aliphatic heterocycles. The molecular formula is C13H15ClN2O. The van der Waals surface area contributed by atoms with Crippen LogP contribution in [0.15, 0.2) is 24.3 Å². The largest absolute Gasteiger partial charge is 0.322 e. The van der Waals surface area contributed by atoms with Gasteiger partial charge in [0.1, 0.15) is 0 Å². The fourth-order valence-corrected chi connectivity index (χ4v) is 1.59. The van der Waals surface area contributed by atoms with Gasteiger partial charge in [-0.2, -0.15) is 0 Å². The van der Waals surface area contributed by atoms with Crippen LogP contribution < -0.4 is 5.32 Å². The van der Waals surface area contributed by atoms with Gasteiger partial charge in [0.2, 0.25) is 0 Å². The topological polar surface area (TPSA) is 32.3 Å². The maximum Gasteiger partial charge on any atom is 0.322 e. The Morgan fingerprint density at radius 3 is 2.94 bits per heavy atom. The third-order valence-corrected chi connectivity index (χ3v) is 2.37. The van der Waals surface area contributed by atoms with E-state index in [2.05, 4.69) is 11.2 Å². The maximum atomic E-state index is 11.9. The molecule has 1 rings (SSSR count). The van der Waals surface area contributed by atoms with E-state index in [9.17, 15) is 4.79 Å². The lowest BCUT2D eigenvalue weighted by Crippen LogP contribution is -2.35. The van der Waals surface area contributed by atoms with Crippen molar-refractivity contribution in [2.24, 2.45) is 0 Å². The Morgan fingerprint density at radius 1 is 1.59 bits per heavy atom. The highest BCUT2D eigenvalue weighted by atomic mass is 35.5. The summed E-state index contributed by atoms with van der Waals surface area (Å²) in [6, 6.07) is 6.81. The number of terminal acetylenes is 1. The summed E-state index contributed by atoms with van der Waals surface area (Å²) in [5.41, 5.74) is 0.667. The predicted octanol–water partition coefficient (Wildman–Crippen LogP) is 3.22. The van der Waals surface area contributed by atoms with E-state index in [0.29, 0.717) is 23.8 Å². The molecule has 17 heavy (non-hydrogen) atoms. The molecule has 0 aliphatic rings. The molecule has 0 bridgehead atoms. The van der Waals surface area contributed by atoms with E-state index in [0.717, 1.165) is 6.42 Å². The first-order valence-electron chi connectivity index (χ1n) is 5.42. The number of benzene rings is 1. The minimum absolute atomic E-state index is 0.202. The standard InChI is InChI=1S/C13H15ClN2O/c1-3-8-16(9-4-2)13(17)15-12-7-5-6-11(14)10-12/h1,5-7,10H,4,8-9H2,2H3,(H,15,17). The molecule has 1 aromatic carbocycles. The molecule has 3 nitrogen and oxygen atoms in total. The van der Waals surface area contributed by atoms with Crippen LogP contribution >= 0.6 is 11.6 Å². The Kier molecular flexibility index (Phi) is 5.38. The first kappa shape index (κ1) is 13.4. The van der Waals surface area contributed by atoms with Gasteiger partial charge in [0, 0.05) is 17.3 Å². The highest BCUT2D eigenvalue weighted by molar-refractivity contribution is 6.30. The van der Waals surface area contributed by atoms with Crippen molar-refractivity contribution in [3.63, 3.8) is 0 Å². The van der Waals surface area contributed by atoms with Gasteiger partial charge in [-0.25, -0.2) is 4.79 Å². The van der Waals surface area contributed by atoms with Crippen molar-refractivity contribution in [1.82, 2.24) is 4.90 Å². The molecule has 0 spiro atoms. The zero-order valence-electron chi connectivity index (χ0n) is 9.74. The van der Waals surface area contributed by atoms with Crippen LogP contribution in [0.3, 0.4) is 0 Å². The third kappa shape index (κ3) is 4.38. The number of halogens is 1. The lowest BCUT2D eigenvalue weighted by Gasteiger charge is -2.20. The monoisotopic (exact) mass is 250 g/mol. The highest BCUT2D eigenvalue weighted by Gasteiger charge is 2.11. The SMILES string of the molecule is C#CCN(CCC)C(=O)Nc1cccc(Cl)c1. The van der Waals surface area contributed by atoms with Crippen LogP contribution in [-0.4, -0.2) is 24.0 Å². The summed E-state index contributed by atoms with van der Waals surface area (Å²) in [4.78, 5) is 13.5. The number of carbonyl (C=O) groups excluding carboxylic acids is 1. The third-order valence-electron chi connectivity index (χ3n) is 2.14. The summed E-state index contributed by atoms with van der Waals surface area (Å²) in [7, 11) is 0. The van der Waals surface area contributed by atoms with E-state index in [1.54, 1.807) is 29.2 Å². The van der Waals surface area contributed by atoms with Crippen LogP contribution in [0.1, 0.15) is 13.3 Å². The lowest BCUT2D eigenvalue weighted by atomic mass is 10.3. The van der Waals surface area contributed by atoms with Crippen LogP contribution in [0.4, 0.5) is 10.5 Å². The maximum absolute atomic E-state index is 11.9. The molecule has 0 heterocycles. The molecule has 0 fully saturated rings. The quantitative estimate of drug-likeness (QED) is 0.818. The van der Waals surface area contributed by atoms with Crippen molar-refractivity contribution >= 4 is 23.3 Å². The van der Waals surface area contributed by atoms with Gasteiger partial charge in [-0.05, 0) is 24.6 Å². The molecule has 1 aromatic rings. The second-order valence-electron chi connectivity index (χ2n) is 3.57. The van der Waals surface area contributed by atoms with Gasteiger partial charge < -0.3 is 10.2 Å². The van der Waals surface area contributed by atoms with Gasteiger partial charge in [0.25, 0.3) is 0 Å². The summed E-state index contributed by atoms with van der Waals surface area (Å²) in [5, 5.41) is 3.34. The van der Waals surface area contributed by atoms with Crippen molar-refractivity contribution in [3.8, 4) is 12.3 Å². The Morgan fingerprint density at radius 2 is 2.35 bits per heavy atom. The highest BCUT2D eigenvalue weighted by Crippen LogP contribution is 2.15. The molecule has 0 aromatic heterocycles. The Hall–Kier alpha value is -1.66. The number of nitrogens with one attached hydrogen (secondary N) is 1. The van der Waals surface area contributed by atoms with E-state index in [1.165, 1.54) is 0 Å². The van der Waals surface area contributed by atoms with Crippen molar-refractivity contribution in [1.29, 1.82) is 0 Å². The molecule has 0 saturated carbocycles. The molecular weight excluding hydrogens is 236 g/mol. The molecule has 4 heteroatoms. The zero-order valence-corrected chi connectivity index (χ0v) is 10.5. The number of amides is 2. The van der Waals surface area contributed by atoms with Gasteiger partial charge in [0.15, 0.2) is 0 Å². The fourth-order valence-electron chi connectivity index (χ4n) is 1.40. The molecule has 0 unspecified atom stereocenters. The van der Waals surface area contributed by atoms with Crippen molar-refractivity contribution < 1.29 is 4.79 Å². The molecule has 0 saturated heterocycles. The van der Waals surface area contributed by atoms with Crippen molar-refractivity contribution in [2.45, 2.75) is 13.3 Å². The first-order chi connectivity index (χ1) is 8.17. The number of hydrogen-bond acceptors (Lipinski definition) is 1. The predicted molar refractivity (Wildman–Crippen MR) is 71.2 cm³/mol. The lowest BCUT2D eigenvalue weighted by molar-refractivity contribution is 0.218. The van der Waals surface area contributed by atoms with E-state index >= 15 is 0 Å². The van der Waals surface area contributed by atoms with Gasteiger partial charge >= 0.3 is 6.03 Å². The fraction of sp³-hybridized carbons (Fsp3) is 0.308. The minimum atomic E-state index is -0.202. The number of rotatable bonds is 4. The van der Waals surface area contributed by atoms with Crippen LogP contribution in [0.5, 0.6) is 0 Å². The molecule has 90 valence electrons. The van der Waals surface area contributed by atoms with Crippen LogP contribution in [0.25, 0.3) is 0 Å². The van der Waals surface area contributed by atoms with Gasteiger partial charge in [-0.3, -0.25) is 0 Å². The smallest absolute Gasteiger partial charge is 0.313 e. The van der Waals surface area contributed by atoms with Crippen LogP contribution in [0.2, 0.25) is 5.02 Å². The van der Waals surface area contributed by atoms with Crippen LogP contribution in [0, 0.1) is 12.3 Å². The van der Waals surface area contributed by atoms with E-state index < -0.39 is 0 Å². The normalized spacial score (nSPS) is 9.47. The van der Waals surface area contributed by atoms with E-state index in [-0.39, 0.29) is 6.03 Å². The van der Waals surface area contributed by atoms with Gasteiger partial charge in [-0.15, -0.1) is 6.42 Å². The number of hydrogen-bond donors (Lipinski definition) is 1. The molecule has 1 N–H and O–H groups in total. The first-order valence-corrected chi connectivity index (χ1v) is 5.80. The Labute approximate surface area is 107 Å². The summed E-state index contributed by atoms with van der Waals surface area (Å²) in [6.45, 7) is 2.94. The summed E-state index contributed by atoms with van der Waals surface area (Å²) >= 11 is 5.83. The van der Waals surface area contributed by atoms with E-state index in [4.69, 9.17) is 18.0 Å². The minimum Gasteiger partial charge on any atom is -0.313 e. The van der Waals surface area contributed by atoms with Crippen molar-refractivity contribution in [3.05, 3.63) is 29.3 Å². The summed E-state index contributed by atoms with van der Waals surface area (Å²) < 4.78 is 0. The Balaban J connectivity index is 2.66.